The van der Waals surface area contributed by atoms with E-state index in [0.717, 1.165) is 51.4 Å². The lowest BCUT2D eigenvalue weighted by molar-refractivity contribution is -0.305. The van der Waals surface area contributed by atoms with Crippen molar-refractivity contribution in [2.45, 2.75) is 288 Å². The number of hydrogen-bond donors (Lipinski definition) is 4. The van der Waals surface area contributed by atoms with Gasteiger partial charge in [-0.25, -0.2) is 0 Å². The molecule has 0 amide bonds. The summed E-state index contributed by atoms with van der Waals surface area (Å²) in [5.41, 5.74) is 0. The van der Waals surface area contributed by atoms with Crippen LogP contribution in [-0.4, -0.2) is 89.6 Å². The first-order chi connectivity index (χ1) is 30.9. The van der Waals surface area contributed by atoms with Crippen LogP contribution in [0.3, 0.4) is 0 Å². The molecule has 1 heterocycles. The normalized spacial score (nSPS) is 19.7. The molecule has 0 saturated carbocycles. The summed E-state index contributed by atoms with van der Waals surface area (Å²) in [6.07, 6.45) is 47.9. The minimum absolute atomic E-state index is 0.114. The molecule has 0 aromatic carbocycles. The standard InChI is InChI=1S/C54H102O9/c1-3-5-7-9-11-13-15-17-19-20-21-22-23-24-25-26-27-28-29-31-33-35-37-39-41-43-50(56)62-48(47-61-54-53(59)52(58)51(57)49(45-55)63-54)46-60-44-42-40-38-36-34-32-30-18-16-14-12-10-8-6-4-2/h10,12,16,18,48-49,51-55,57-59H,3-9,11,13-15,17,19-47H2,1-2H3/b12-10-,18-16-. The predicted molar refractivity (Wildman–Crippen MR) is 261 cm³/mol. The molecule has 9 heteroatoms. The Morgan fingerprint density at radius 1 is 0.508 bits per heavy atom. The maximum atomic E-state index is 12.8. The van der Waals surface area contributed by atoms with E-state index in [1.54, 1.807) is 0 Å². The molecule has 9 nitrogen and oxygen atoms in total. The highest BCUT2D eigenvalue weighted by Gasteiger charge is 2.44. The van der Waals surface area contributed by atoms with Gasteiger partial charge in [-0.05, 0) is 38.5 Å². The molecule has 6 unspecified atom stereocenters. The van der Waals surface area contributed by atoms with Crippen molar-refractivity contribution in [3.8, 4) is 0 Å². The van der Waals surface area contributed by atoms with Gasteiger partial charge < -0.3 is 39.4 Å². The van der Waals surface area contributed by atoms with Gasteiger partial charge in [0.25, 0.3) is 0 Å². The molecular formula is C54H102O9. The Bertz CT molecular complexity index is 1020. The molecule has 1 rings (SSSR count). The third kappa shape index (κ3) is 36.5. The van der Waals surface area contributed by atoms with E-state index in [1.165, 1.54) is 180 Å². The molecule has 0 aromatic rings. The number of hydrogen-bond acceptors (Lipinski definition) is 9. The molecule has 1 aliphatic heterocycles. The van der Waals surface area contributed by atoms with Crippen LogP contribution in [0.4, 0.5) is 0 Å². The molecule has 6 atom stereocenters. The highest BCUT2D eigenvalue weighted by molar-refractivity contribution is 5.69. The van der Waals surface area contributed by atoms with Crippen LogP contribution in [0.25, 0.3) is 0 Å². The van der Waals surface area contributed by atoms with Gasteiger partial charge in [0, 0.05) is 13.0 Å². The monoisotopic (exact) mass is 895 g/mol. The molecular weight excluding hydrogens is 793 g/mol. The van der Waals surface area contributed by atoms with Crippen molar-refractivity contribution in [2.24, 2.45) is 0 Å². The Labute approximate surface area is 387 Å². The predicted octanol–water partition coefficient (Wildman–Crippen LogP) is 13.3. The van der Waals surface area contributed by atoms with Crippen molar-refractivity contribution < 1.29 is 44.2 Å². The van der Waals surface area contributed by atoms with E-state index in [0.29, 0.717) is 13.0 Å². The lowest BCUT2D eigenvalue weighted by atomic mass is 9.99. The lowest BCUT2D eigenvalue weighted by Gasteiger charge is -2.39. The second-order valence-corrected chi connectivity index (χ2v) is 18.7. The maximum absolute atomic E-state index is 12.8. The van der Waals surface area contributed by atoms with Crippen molar-refractivity contribution >= 4 is 5.97 Å². The van der Waals surface area contributed by atoms with Gasteiger partial charge in [0.15, 0.2) is 6.29 Å². The summed E-state index contributed by atoms with van der Waals surface area (Å²) in [7, 11) is 0. The smallest absolute Gasteiger partial charge is 0.306 e. The third-order valence-electron chi connectivity index (χ3n) is 12.6. The summed E-state index contributed by atoms with van der Waals surface area (Å²) in [4.78, 5) is 12.8. The average Bonchev–Trinajstić information content (AvgIpc) is 3.28. The van der Waals surface area contributed by atoms with E-state index in [9.17, 15) is 25.2 Å². The third-order valence-corrected chi connectivity index (χ3v) is 12.6. The first kappa shape index (κ1) is 59.7. The van der Waals surface area contributed by atoms with Gasteiger partial charge in [-0.3, -0.25) is 4.79 Å². The molecule has 372 valence electrons. The molecule has 0 radical (unpaired) electrons. The van der Waals surface area contributed by atoms with Crippen molar-refractivity contribution in [2.75, 3.05) is 26.4 Å². The molecule has 4 N–H and O–H groups in total. The van der Waals surface area contributed by atoms with Crippen molar-refractivity contribution in [3.05, 3.63) is 24.3 Å². The fourth-order valence-corrected chi connectivity index (χ4v) is 8.39. The molecule has 0 aromatic heterocycles. The highest BCUT2D eigenvalue weighted by Crippen LogP contribution is 2.23. The van der Waals surface area contributed by atoms with Crippen LogP contribution in [0.5, 0.6) is 0 Å². The summed E-state index contributed by atoms with van der Waals surface area (Å²) in [6.45, 7) is 4.54. The van der Waals surface area contributed by atoms with Gasteiger partial charge in [0.05, 0.1) is 19.8 Å². The lowest BCUT2D eigenvalue weighted by Crippen LogP contribution is -2.59. The zero-order valence-corrected chi connectivity index (χ0v) is 41.1. The number of unbranched alkanes of at least 4 members (excludes halogenated alkanes) is 32. The Morgan fingerprint density at radius 2 is 0.937 bits per heavy atom. The van der Waals surface area contributed by atoms with Crippen LogP contribution in [-0.2, 0) is 23.7 Å². The number of esters is 1. The van der Waals surface area contributed by atoms with Crippen LogP contribution in [0.1, 0.15) is 251 Å². The van der Waals surface area contributed by atoms with Crippen LogP contribution in [0, 0.1) is 0 Å². The number of ether oxygens (including phenoxy) is 4. The first-order valence-corrected chi connectivity index (χ1v) is 26.9. The van der Waals surface area contributed by atoms with Gasteiger partial charge in [0.2, 0.25) is 0 Å². The Balaban J connectivity index is 2.14. The van der Waals surface area contributed by atoms with E-state index in [1.807, 2.05) is 0 Å². The van der Waals surface area contributed by atoms with Crippen LogP contribution in [0.15, 0.2) is 24.3 Å². The van der Waals surface area contributed by atoms with Crippen LogP contribution < -0.4 is 0 Å². The summed E-state index contributed by atoms with van der Waals surface area (Å²) in [5, 5.41) is 40.2. The topological polar surface area (TPSA) is 135 Å². The van der Waals surface area contributed by atoms with Gasteiger partial charge in [-0.2, -0.15) is 0 Å². The minimum Gasteiger partial charge on any atom is -0.457 e. The number of carbonyl (C=O) groups excluding carboxylic acids is 1. The van der Waals surface area contributed by atoms with E-state index in [-0.39, 0.29) is 19.2 Å². The van der Waals surface area contributed by atoms with Crippen LogP contribution in [0.2, 0.25) is 0 Å². The van der Waals surface area contributed by atoms with Gasteiger partial charge in [-0.1, -0.05) is 231 Å². The van der Waals surface area contributed by atoms with Gasteiger partial charge >= 0.3 is 5.97 Å². The fourth-order valence-electron chi connectivity index (χ4n) is 8.39. The molecule has 0 aliphatic carbocycles. The zero-order chi connectivity index (χ0) is 45.7. The number of carbonyl (C=O) groups is 1. The second kappa shape index (κ2) is 45.8. The summed E-state index contributed by atoms with van der Waals surface area (Å²) >= 11 is 0. The number of rotatable bonds is 47. The zero-order valence-electron chi connectivity index (χ0n) is 41.1. The van der Waals surface area contributed by atoms with Crippen molar-refractivity contribution in [3.63, 3.8) is 0 Å². The Morgan fingerprint density at radius 3 is 1.41 bits per heavy atom. The summed E-state index contributed by atoms with van der Waals surface area (Å²) in [5.74, 6) is -0.312. The Kier molecular flexibility index (Phi) is 43.4. The fraction of sp³-hybridized carbons (Fsp3) is 0.907. The molecule has 1 fully saturated rings. The van der Waals surface area contributed by atoms with Gasteiger partial charge in [0.1, 0.15) is 30.5 Å². The van der Waals surface area contributed by atoms with E-state index < -0.39 is 43.4 Å². The number of allylic oxidation sites excluding steroid dienone is 4. The van der Waals surface area contributed by atoms with E-state index in [2.05, 4.69) is 38.2 Å². The van der Waals surface area contributed by atoms with Crippen molar-refractivity contribution in [1.29, 1.82) is 0 Å². The highest BCUT2D eigenvalue weighted by atomic mass is 16.7. The number of aliphatic hydroxyl groups excluding tert-OH is 4. The van der Waals surface area contributed by atoms with Crippen molar-refractivity contribution in [1.82, 2.24) is 0 Å². The number of aliphatic hydroxyl groups is 4. The second-order valence-electron chi connectivity index (χ2n) is 18.7. The van der Waals surface area contributed by atoms with E-state index >= 15 is 0 Å². The maximum Gasteiger partial charge on any atom is 0.306 e. The Hall–Kier alpha value is -1.33. The molecule has 1 saturated heterocycles. The SMILES string of the molecule is CCCC/C=C\C/C=C\CCCCCCCCOCC(COC1OC(CO)C(O)C(O)C1O)OC(=O)CCCCCCCCCCCCCCCCCCCCCCCCCCC. The first-order valence-electron chi connectivity index (χ1n) is 26.9. The van der Waals surface area contributed by atoms with Crippen LogP contribution >= 0.6 is 0 Å². The quantitative estimate of drug-likeness (QED) is 0.0267. The van der Waals surface area contributed by atoms with Gasteiger partial charge in [-0.15, -0.1) is 0 Å². The summed E-state index contributed by atoms with van der Waals surface area (Å²) in [6, 6.07) is 0. The largest absolute Gasteiger partial charge is 0.457 e. The molecule has 63 heavy (non-hydrogen) atoms. The molecule has 1 aliphatic rings. The molecule has 0 bridgehead atoms. The average molecular weight is 895 g/mol. The molecule has 0 spiro atoms. The minimum atomic E-state index is -1.54. The summed E-state index contributed by atoms with van der Waals surface area (Å²) < 4.78 is 22.9. The van der Waals surface area contributed by atoms with E-state index in [4.69, 9.17) is 18.9 Å².